The summed E-state index contributed by atoms with van der Waals surface area (Å²) >= 11 is 0. The highest BCUT2D eigenvalue weighted by Gasteiger charge is 2.19. The fraction of sp³-hybridized carbons (Fsp3) is 0.847. The van der Waals surface area contributed by atoms with Crippen LogP contribution in [0.25, 0.3) is 0 Å². The van der Waals surface area contributed by atoms with Crippen LogP contribution in [0.15, 0.2) is 48.6 Å². The molecule has 0 spiro atoms. The lowest BCUT2D eigenvalue weighted by Crippen LogP contribution is -2.30. The molecular weight excluding hydrogens is 961 g/mol. The van der Waals surface area contributed by atoms with Crippen molar-refractivity contribution in [3.05, 3.63) is 48.6 Å². The van der Waals surface area contributed by atoms with Gasteiger partial charge >= 0.3 is 17.9 Å². The summed E-state index contributed by atoms with van der Waals surface area (Å²) in [5.74, 6) is -0.849. The van der Waals surface area contributed by atoms with Gasteiger partial charge in [0.2, 0.25) is 0 Å². The zero-order chi connectivity index (χ0) is 56.4. The summed E-state index contributed by atoms with van der Waals surface area (Å²) in [6.07, 6.45) is 84.8. The van der Waals surface area contributed by atoms with Crippen molar-refractivity contribution >= 4 is 17.9 Å². The van der Waals surface area contributed by atoms with Crippen molar-refractivity contribution in [2.45, 2.75) is 380 Å². The van der Waals surface area contributed by atoms with E-state index >= 15 is 0 Å². The van der Waals surface area contributed by atoms with E-state index in [1.165, 1.54) is 250 Å². The van der Waals surface area contributed by atoms with Crippen LogP contribution in [0.3, 0.4) is 0 Å². The smallest absolute Gasteiger partial charge is 0.306 e. The lowest BCUT2D eigenvalue weighted by Gasteiger charge is -2.18. The standard InChI is InChI=1S/C72H132O6/c1-4-7-10-13-16-18-20-22-24-26-28-29-30-31-32-33-34-35-36-37-38-39-40-41-42-43-45-46-48-50-52-54-56-59-62-65-71(74)77-68-69(67-76-70(73)64-61-58-15-12-9-6-3)78-72(75)66-63-60-57-55-53-51-49-47-44-27-25-23-21-19-17-14-11-8-5-2/h7,10,16,18,22,24,28-29,69H,4-6,8-9,11-15,17,19-21,23,25-27,30-68H2,1-3H3/b10-7-,18-16-,24-22-,29-28-. The van der Waals surface area contributed by atoms with Gasteiger partial charge in [-0.25, -0.2) is 0 Å². The van der Waals surface area contributed by atoms with Crippen LogP contribution in [0, 0.1) is 0 Å². The van der Waals surface area contributed by atoms with Crippen LogP contribution in [-0.4, -0.2) is 37.2 Å². The summed E-state index contributed by atoms with van der Waals surface area (Å²) in [4.78, 5) is 38.0. The molecule has 6 heteroatoms. The summed E-state index contributed by atoms with van der Waals surface area (Å²) in [5.41, 5.74) is 0. The summed E-state index contributed by atoms with van der Waals surface area (Å²) in [6, 6.07) is 0. The van der Waals surface area contributed by atoms with E-state index in [4.69, 9.17) is 14.2 Å². The van der Waals surface area contributed by atoms with Gasteiger partial charge in [0.15, 0.2) is 6.10 Å². The minimum absolute atomic E-state index is 0.0655. The van der Waals surface area contributed by atoms with Gasteiger partial charge in [0, 0.05) is 19.3 Å². The molecule has 0 N–H and O–H groups in total. The normalized spacial score (nSPS) is 12.3. The molecule has 0 radical (unpaired) electrons. The molecule has 0 bridgehead atoms. The molecule has 0 rings (SSSR count). The van der Waals surface area contributed by atoms with Crippen molar-refractivity contribution in [1.29, 1.82) is 0 Å². The molecule has 0 aromatic rings. The molecule has 0 aromatic heterocycles. The van der Waals surface area contributed by atoms with Gasteiger partial charge in [0.05, 0.1) is 0 Å². The SMILES string of the molecule is CC/C=C\C/C=C\C/C=C\C/C=C\CCCCCCCCCCCCCCCCCCCCCCCCC(=O)OCC(COC(=O)CCCCCCCC)OC(=O)CCCCCCCCCCCCCCCCCCCCC. The number of allylic oxidation sites excluding steroid dienone is 8. The molecule has 0 aliphatic carbocycles. The Morgan fingerprint density at radius 3 is 0.782 bits per heavy atom. The van der Waals surface area contributed by atoms with E-state index in [0.29, 0.717) is 19.3 Å². The third-order valence-corrected chi connectivity index (χ3v) is 15.6. The molecular formula is C72H132O6. The van der Waals surface area contributed by atoms with E-state index in [1.807, 2.05) is 0 Å². The van der Waals surface area contributed by atoms with E-state index in [9.17, 15) is 14.4 Å². The maximum absolute atomic E-state index is 12.8. The number of hydrogen-bond donors (Lipinski definition) is 0. The lowest BCUT2D eigenvalue weighted by atomic mass is 10.0. The van der Waals surface area contributed by atoms with Crippen LogP contribution in [0.1, 0.15) is 374 Å². The van der Waals surface area contributed by atoms with Crippen molar-refractivity contribution in [1.82, 2.24) is 0 Å². The largest absolute Gasteiger partial charge is 0.462 e. The fourth-order valence-corrected chi connectivity index (χ4v) is 10.4. The maximum atomic E-state index is 12.8. The Balaban J connectivity index is 3.90. The second-order valence-corrected chi connectivity index (χ2v) is 23.4. The van der Waals surface area contributed by atoms with Crippen LogP contribution < -0.4 is 0 Å². The Labute approximate surface area is 486 Å². The zero-order valence-electron chi connectivity index (χ0n) is 52.5. The van der Waals surface area contributed by atoms with Crippen molar-refractivity contribution in [2.75, 3.05) is 13.2 Å². The quantitative estimate of drug-likeness (QED) is 0.0261. The van der Waals surface area contributed by atoms with Crippen LogP contribution in [0.2, 0.25) is 0 Å². The Hall–Kier alpha value is -2.63. The molecule has 0 heterocycles. The predicted molar refractivity (Wildman–Crippen MR) is 339 cm³/mol. The lowest BCUT2D eigenvalue weighted by molar-refractivity contribution is -0.167. The number of carbonyl (C=O) groups excluding carboxylic acids is 3. The molecule has 0 fully saturated rings. The summed E-state index contributed by atoms with van der Waals surface area (Å²) in [7, 11) is 0. The second-order valence-electron chi connectivity index (χ2n) is 23.4. The third kappa shape index (κ3) is 64.2. The van der Waals surface area contributed by atoms with Gasteiger partial charge in [-0.1, -0.05) is 345 Å². The van der Waals surface area contributed by atoms with Gasteiger partial charge in [-0.3, -0.25) is 14.4 Å². The van der Waals surface area contributed by atoms with Gasteiger partial charge in [-0.2, -0.15) is 0 Å². The summed E-state index contributed by atoms with van der Waals surface area (Å²) in [5, 5.41) is 0. The molecule has 456 valence electrons. The fourth-order valence-electron chi connectivity index (χ4n) is 10.4. The summed E-state index contributed by atoms with van der Waals surface area (Å²) < 4.78 is 16.8. The van der Waals surface area contributed by atoms with Gasteiger partial charge in [-0.05, 0) is 57.8 Å². The second kappa shape index (κ2) is 66.9. The van der Waals surface area contributed by atoms with Crippen molar-refractivity contribution < 1.29 is 28.6 Å². The van der Waals surface area contributed by atoms with E-state index in [2.05, 4.69) is 69.4 Å². The first-order chi connectivity index (χ1) is 38.5. The average molecular weight is 1090 g/mol. The minimum atomic E-state index is -0.764. The van der Waals surface area contributed by atoms with Crippen molar-refractivity contribution in [2.24, 2.45) is 0 Å². The van der Waals surface area contributed by atoms with Gasteiger partial charge < -0.3 is 14.2 Å². The Morgan fingerprint density at radius 2 is 0.500 bits per heavy atom. The number of esters is 3. The van der Waals surface area contributed by atoms with Gasteiger partial charge in [0.25, 0.3) is 0 Å². The summed E-state index contributed by atoms with van der Waals surface area (Å²) in [6.45, 7) is 6.53. The number of carbonyl (C=O) groups is 3. The van der Waals surface area contributed by atoms with E-state index in [-0.39, 0.29) is 31.1 Å². The Bertz CT molecular complexity index is 1350. The molecule has 78 heavy (non-hydrogen) atoms. The van der Waals surface area contributed by atoms with Crippen LogP contribution in [0.5, 0.6) is 0 Å². The minimum Gasteiger partial charge on any atom is -0.462 e. The maximum Gasteiger partial charge on any atom is 0.306 e. The highest BCUT2D eigenvalue weighted by Crippen LogP contribution is 2.19. The first-order valence-electron chi connectivity index (χ1n) is 34.6. The van der Waals surface area contributed by atoms with Gasteiger partial charge in [-0.15, -0.1) is 0 Å². The molecule has 1 unspecified atom stereocenters. The predicted octanol–water partition coefficient (Wildman–Crippen LogP) is 23.7. The molecule has 0 saturated carbocycles. The Morgan fingerprint density at radius 1 is 0.269 bits per heavy atom. The molecule has 0 aromatic carbocycles. The van der Waals surface area contributed by atoms with Crippen molar-refractivity contribution in [3.63, 3.8) is 0 Å². The monoisotopic (exact) mass is 1090 g/mol. The molecule has 0 amide bonds. The Kier molecular flexibility index (Phi) is 64.6. The average Bonchev–Trinajstić information content (AvgIpc) is 3.44. The molecule has 0 aliphatic rings. The van der Waals surface area contributed by atoms with E-state index in [0.717, 1.165) is 83.5 Å². The molecule has 6 nitrogen and oxygen atoms in total. The van der Waals surface area contributed by atoms with E-state index < -0.39 is 6.10 Å². The molecule has 0 aliphatic heterocycles. The molecule has 1 atom stereocenters. The number of hydrogen-bond acceptors (Lipinski definition) is 6. The zero-order valence-corrected chi connectivity index (χ0v) is 52.5. The molecule has 0 saturated heterocycles. The van der Waals surface area contributed by atoms with Crippen molar-refractivity contribution in [3.8, 4) is 0 Å². The first-order valence-corrected chi connectivity index (χ1v) is 34.6. The topological polar surface area (TPSA) is 78.9 Å². The van der Waals surface area contributed by atoms with Crippen LogP contribution >= 0.6 is 0 Å². The number of rotatable bonds is 64. The highest BCUT2D eigenvalue weighted by atomic mass is 16.6. The van der Waals surface area contributed by atoms with E-state index in [1.54, 1.807) is 0 Å². The van der Waals surface area contributed by atoms with Gasteiger partial charge in [0.1, 0.15) is 13.2 Å². The first kappa shape index (κ1) is 75.4. The van der Waals surface area contributed by atoms with Crippen LogP contribution in [0.4, 0.5) is 0 Å². The highest BCUT2D eigenvalue weighted by molar-refractivity contribution is 5.71. The third-order valence-electron chi connectivity index (χ3n) is 15.6. The number of unbranched alkanes of at least 4 members (excludes halogenated alkanes) is 45. The number of ether oxygens (including phenoxy) is 3. The van der Waals surface area contributed by atoms with Crippen LogP contribution in [-0.2, 0) is 28.6 Å².